The molecular weight excluding hydrogens is 510 g/mol. The molecule has 7 nitrogen and oxygen atoms in total. The molecule has 0 spiro atoms. The summed E-state index contributed by atoms with van der Waals surface area (Å²) >= 11 is 0. The highest BCUT2D eigenvalue weighted by Gasteiger charge is 2.22. The second-order valence-corrected chi connectivity index (χ2v) is 11.1. The number of rotatable bonds is 8. The maximum atomic E-state index is 12.1. The monoisotopic (exact) mass is 535 g/mol. The minimum atomic E-state index is -4.48. The summed E-state index contributed by atoms with van der Waals surface area (Å²) in [5.41, 5.74) is 3.56. The second kappa shape index (κ2) is 10.9. The minimum absolute atomic E-state index is 0.149. The first kappa shape index (κ1) is 26.6. The van der Waals surface area contributed by atoms with Crippen LogP contribution >= 0.6 is 0 Å². The van der Waals surface area contributed by atoms with Crippen molar-refractivity contribution in [3.63, 3.8) is 0 Å². The van der Waals surface area contributed by atoms with Crippen LogP contribution in [0.2, 0.25) is 0 Å². The Bertz CT molecular complexity index is 1590. The Kier molecular flexibility index (Phi) is 7.79. The third-order valence-electron chi connectivity index (χ3n) is 5.94. The Labute approximate surface area is 217 Å². The third-order valence-corrected chi connectivity index (χ3v) is 7.78. The Hall–Kier alpha value is -3.50. The van der Waals surface area contributed by atoms with Crippen LogP contribution in [-0.2, 0) is 20.2 Å². The summed E-state index contributed by atoms with van der Waals surface area (Å²) < 4.78 is 67.5. The fraction of sp³-hybridized carbons (Fsp3) is 0.107. The molecule has 4 rings (SSSR count). The van der Waals surface area contributed by atoms with Gasteiger partial charge in [-0.05, 0) is 53.0 Å². The Morgan fingerprint density at radius 3 is 1.97 bits per heavy atom. The normalized spacial score (nSPS) is 14.4. The Morgan fingerprint density at radius 2 is 1.38 bits per heavy atom. The van der Waals surface area contributed by atoms with Gasteiger partial charge in [0.05, 0.1) is 10.9 Å². The van der Waals surface area contributed by atoms with Crippen LogP contribution in [0.15, 0.2) is 112 Å². The average Bonchev–Trinajstić information content (AvgIpc) is 2.88. The van der Waals surface area contributed by atoms with Gasteiger partial charge in [0.15, 0.2) is 0 Å². The van der Waals surface area contributed by atoms with Gasteiger partial charge in [-0.1, -0.05) is 79.8 Å². The van der Waals surface area contributed by atoms with Gasteiger partial charge in [0, 0.05) is 17.7 Å². The summed E-state index contributed by atoms with van der Waals surface area (Å²) in [6.45, 7) is 1.90. The van der Waals surface area contributed by atoms with Crippen molar-refractivity contribution in [3.05, 3.63) is 126 Å². The molecule has 0 saturated carbocycles. The van der Waals surface area contributed by atoms with Crippen LogP contribution in [0.25, 0.3) is 5.57 Å². The van der Waals surface area contributed by atoms with E-state index in [2.05, 4.69) is 11.7 Å². The maximum Gasteiger partial charge on any atom is 0.295 e. The molecule has 2 radical (unpaired) electrons. The van der Waals surface area contributed by atoms with Crippen LogP contribution in [0.5, 0.6) is 0 Å². The van der Waals surface area contributed by atoms with Crippen molar-refractivity contribution < 1.29 is 25.9 Å². The largest absolute Gasteiger partial charge is 0.378 e. The van der Waals surface area contributed by atoms with Crippen LogP contribution in [0.4, 0.5) is 5.69 Å². The zero-order valence-corrected chi connectivity index (χ0v) is 21.5. The number of anilines is 1. The lowest BCUT2D eigenvalue weighted by Gasteiger charge is -2.21. The quantitative estimate of drug-likeness (QED) is 0.314. The van der Waals surface area contributed by atoms with E-state index in [-0.39, 0.29) is 9.79 Å². The fourth-order valence-corrected chi connectivity index (χ4v) is 5.72. The minimum Gasteiger partial charge on any atom is -0.378 e. The molecule has 0 heterocycles. The van der Waals surface area contributed by atoms with Gasteiger partial charge in [0.2, 0.25) is 0 Å². The van der Waals surface area contributed by atoms with Crippen LogP contribution in [-0.4, -0.2) is 25.9 Å². The van der Waals surface area contributed by atoms with E-state index in [0.717, 1.165) is 5.57 Å². The van der Waals surface area contributed by atoms with E-state index in [1.54, 1.807) is 60.7 Å². The van der Waals surface area contributed by atoms with Crippen LogP contribution in [0, 0.1) is 6.42 Å². The van der Waals surface area contributed by atoms with E-state index in [1.165, 1.54) is 12.1 Å². The van der Waals surface area contributed by atoms with Crippen molar-refractivity contribution in [2.45, 2.75) is 29.2 Å². The maximum absolute atomic E-state index is 12.1. The van der Waals surface area contributed by atoms with Gasteiger partial charge < -0.3 is 5.32 Å². The van der Waals surface area contributed by atoms with Crippen molar-refractivity contribution in [3.8, 4) is 0 Å². The highest BCUT2D eigenvalue weighted by Crippen LogP contribution is 2.35. The topological polar surface area (TPSA) is 121 Å². The van der Waals surface area contributed by atoms with E-state index < -0.39 is 26.3 Å². The lowest BCUT2D eigenvalue weighted by molar-refractivity contribution is 0.479. The van der Waals surface area contributed by atoms with E-state index >= 15 is 0 Å². The van der Waals surface area contributed by atoms with Gasteiger partial charge in [-0.25, -0.2) is 0 Å². The first-order valence-corrected chi connectivity index (χ1v) is 14.3. The fourth-order valence-electron chi connectivity index (χ4n) is 4.27. The lowest BCUT2D eigenvalue weighted by atomic mass is 9.91. The predicted octanol–water partition coefficient (Wildman–Crippen LogP) is 5.75. The van der Waals surface area contributed by atoms with Gasteiger partial charge in [-0.3, -0.25) is 9.11 Å². The van der Waals surface area contributed by atoms with E-state index in [0.29, 0.717) is 34.4 Å². The molecule has 9 heteroatoms. The average molecular weight is 536 g/mol. The van der Waals surface area contributed by atoms with Crippen molar-refractivity contribution in [2.75, 3.05) is 5.32 Å². The Morgan fingerprint density at radius 1 is 0.811 bits per heavy atom. The molecule has 1 aliphatic carbocycles. The summed E-state index contributed by atoms with van der Waals surface area (Å²) in [4.78, 5) is -0.350. The highest BCUT2D eigenvalue weighted by molar-refractivity contribution is 7.86. The molecule has 37 heavy (non-hydrogen) atoms. The SMILES string of the molecule is CCC(Nc1ccc(C(=C2C=C[C]C=C2)c2ccccc2S(=O)(=O)O)cc1)c1ccccc1S(=O)(=O)O. The molecule has 1 unspecified atom stereocenters. The molecular formula is C28H25NO6S2. The highest BCUT2D eigenvalue weighted by atomic mass is 32.2. The zero-order valence-electron chi connectivity index (χ0n) is 19.9. The molecule has 0 aromatic heterocycles. The lowest BCUT2D eigenvalue weighted by Crippen LogP contribution is -2.14. The third kappa shape index (κ3) is 6.08. The molecule has 0 amide bonds. The summed E-state index contributed by atoms with van der Waals surface area (Å²) in [6.07, 6.45) is 10.6. The van der Waals surface area contributed by atoms with Crippen molar-refractivity contribution >= 4 is 31.5 Å². The van der Waals surface area contributed by atoms with Crippen LogP contribution in [0.1, 0.15) is 36.1 Å². The number of benzene rings is 3. The summed E-state index contributed by atoms with van der Waals surface area (Å²) in [6, 6.07) is 19.4. The summed E-state index contributed by atoms with van der Waals surface area (Å²) in [5, 5.41) is 3.31. The molecule has 3 N–H and O–H groups in total. The predicted molar refractivity (Wildman–Crippen MR) is 143 cm³/mol. The van der Waals surface area contributed by atoms with E-state index in [9.17, 15) is 25.9 Å². The number of nitrogens with one attached hydrogen (secondary N) is 1. The van der Waals surface area contributed by atoms with Gasteiger partial charge in [-0.15, -0.1) is 0 Å². The summed E-state index contributed by atoms with van der Waals surface area (Å²) in [5.74, 6) is 0. The molecule has 0 aliphatic heterocycles. The molecule has 3 aromatic rings. The second-order valence-electron chi connectivity index (χ2n) is 8.33. The first-order chi connectivity index (χ1) is 17.6. The van der Waals surface area contributed by atoms with Gasteiger partial charge in [-0.2, -0.15) is 16.8 Å². The molecule has 0 saturated heterocycles. The number of hydrogen-bond donors (Lipinski definition) is 3. The Balaban J connectivity index is 1.75. The smallest absolute Gasteiger partial charge is 0.295 e. The molecule has 1 aliphatic rings. The molecule has 0 fully saturated rings. The standard InChI is InChI=1S/C28H25NO6S2/c1-2-25(23-12-6-8-14-26(23)36(30,31)32)29-22-18-16-21(17-19-22)28(20-10-4-3-5-11-20)24-13-7-9-15-27(24)37(33,34)35/h4-19,25,29H,2H2,1H3,(H,30,31,32)(H,33,34,35). The first-order valence-electron chi connectivity index (χ1n) is 11.4. The van der Waals surface area contributed by atoms with E-state index in [1.807, 2.05) is 31.2 Å². The molecule has 190 valence electrons. The van der Waals surface area contributed by atoms with Crippen molar-refractivity contribution in [2.24, 2.45) is 0 Å². The van der Waals surface area contributed by atoms with Gasteiger partial charge in [0.25, 0.3) is 20.2 Å². The van der Waals surface area contributed by atoms with Gasteiger partial charge in [0.1, 0.15) is 4.90 Å². The van der Waals surface area contributed by atoms with Crippen LogP contribution in [0.3, 0.4) is 0 Å². The molecule has 1 atom stereocenters. The van der Waals surface area contributed by atoms with Crippen molar-refractivity contribution in [1.29, 1.82) is 0 Å². The van der Waals surface area contributed by atoms with Crippen LogP contribution < -0.4 is 5.32 Å². The van der Waals surface area contributed by atoms with Gasteiger partial charge >= 0.3 is 0 Å². The van der Waals surface area contributed by atoms with E-state index in [4.69, 9.17) is 0 Å². The number of allylic oxidation sites excluding steroid dienone is 5. The number of hydrogen-bond acceptors (Lipinski definition) is 5. The molecule has 0 bridgehead atoms. The zero-order chi connectivity index (χ0) is 26.6. The molecule has 3 aromatic carbocycles. The van der Waals surface area contributed by atoms with Crippen molar-refractivity contribution in [1.82, 2.24) is 0 Å². The summed E-state index contributed by atoms with van der Waals surface area (Å²) in [7, 11) is -8.87.